The molecule has 0 unspecified atom stereocenters. The lowest BCUT2D eigenvalue weighted by molar-refractivity contribution is -0.120. The fraction of sp³-hybridized carbons (Fsp3) is 0.200. The second-order valence-electron chi connectivity index (χ2n) is 5.74. The number of carbonyl (C=O) groups is 1. The summed E-state index contributed by atoms with van der Waals surface area (Å²) in [6.45, 7) is 1.18. The smallest absolute Gasteiger partial charge is 0.224 e. The number of para-hydroxylation sites is 1. The molecular weight excluding hydrogens is 314 g/mol. The highest BCUT2D eigenvalue weighted by Gasteiger charge is 2.09. The van der Waals surface area contributed by atoms with E-state index in [0.29, 0.717) is 19.5 Å². The zero-order valence-electron chi connectivity index (χ0n) is 14.2. The minimum atomic E-state index is -0.0293. The normalized spacial score (nSPS) is 10.4. The Balaban J connectivity index is 1.62. The maximum atomic E-state index is 12.3. The van der Waals surface area contributed by atoms with Crippen molar-refractivity contribution in [2.75, 3.05) is 7.11 Å². The quantitative estimate of drug-likeness (QED) is 0.722. The van der Waals surface area contributed by atoms with Gasteiger partial charge in [-0.15, -0.1) is 0 Å². The van der Waals surface area contributed by atoms with Crippen molar-refractivity contribution in [2.45, 2.75) is 19.5 Å². The first-order valence-electron chi connectivity index (χ1n) is 8.19. The van der Waals surface area contributed by atoms with Crippen LogP contribution in [-0.2, 0) is 24.3 Å². The molecule has 0 aliphatic rings. The van der Waals surface area contributed by atoms with Crippen molar-refractivity contribution in [3.8, 4) is 5.75 Å². The van der Waals surface area contributed by atoms with Gasteiger partial charge in [-0.1, -0.05) is 42.5 Å². The van der Waals surface area contributed by atoms with E-state index in [1.54, 1.807) is 13.3 Å². The molecule has 3 rings (SSSR count). The molecule has 0 saturated carbocycles. The molecule has 128 valence electrons. The summed E-state index contributed by atoms with van der Waals surface area (Å²) < 4.78 is 7.17. The molecule has 25 heavy (non-hydrogen) atoms. The predicted octanol–water partition coefficient (Wildman–Crippen LogP) is 2.80. The topological polar surface area (TPSA) is 56.1 Å². The van der Waals surface area contributed by atoms with E-state index in [2.05, 4.69) is 16.5 Å². The summed E-state index contributed by atoms with van der Waals surface area (Å²) in [6, 6.07) is 17.5. The molecule has 0 bridgehead atoms. The average Bonchev–Trinajstić information content (AvgIpc) is 3.14. The number of ether oxygens (including phenoxy) is 1. The number of hydrogen-bond donors (Lipinski definition) is 1. The molecular formula is C20H21N3O2. The van der Waals surface area contributed by atoms with Crippen LogP contribution >= 0.6 is 0 Å². The van der Waals surface area contributed by atoms with Gasteiger partial charge in [-0.2, -0.15) is 5.10 Å². The Morgan fingerprint density at radius 1 is 1.04 bits per heavy atom. The molecule has 0 atom stereocenters. The minimum Gasteiger partial charge on any atom is -0.496 e. The summed E-state index contributed by atoms with van der Waals surface area (Å²) in [6.07, 6.45) is 3.99. The molecule has 2 aromatic carbocycles. The summed E-state index contributed by atoms with van der Waals surface area (Å²) in [5.41, 5.74) is 3.11. The van der Waals surface area contributed by atoms with Crippen molar-refractivity contribution in [1.29, 1.82) is 0 Å². The van der Waals surface area contributed by atoms with Gasteiger partial charge in [0.05, 0.1) is 20.1 Å². The molecule has 3 aromatic rings. The molecule has 1 N–H and O–H groups in total. The van der Waals surface area contributed by atoms with Crippen LogP contribution in [0.4, 0.5) is 0 Å². The van der Waals surface area contributed by atoms with Crippen LogP contribution in [0.1, 0.15) is 16.7 Å². The number of amides is 1. The molecule has 1 aromatic heterocycles. The lowest BCUT2D eigenvalue weighted by Gasteiger charge is -2.12. The van der Waals surface area contributed by atoms with Crippen LogP contribution in [0.3, 0.4) is 0 Å². The van der Waals surface area contributed by atoms with E-state index < -0.39 is 0 Å². The maximum Gasteiger partial charge on any atom is 0.224 e. The van der Waals surface area contributed by atoms with Crippen LogP contribution in [0.25, 0.3) is 0 Å². The van der Waals surface area contributed by atoms with E-state index in [1.165, 1.54) is 0 Å². The summed E-state index contributed by atoms with van der Waals surface area (Å²) in [5, 5.41) is 7.23. The lowest BCUT2D eigenvalue weighted by atomic mass is 10.1. The van der Waals surface area contributed by atoms with Gasteiger partial charge in [-0.05, 0) is 23.3 Å². The zero-order chi connectivity index (χ0) is 17.5. The number of carbonyl (C=O) groups excluding carboxylic acids is 1. The van der Waals surface area contributed by atoms with E-state index >= 15 is 0 Å². The average molecular weight is 335 g/mol. The Labute approximate surface area is 147 Å². The summed E-state index contributed by atoms with van der Waals surface area (Å²) in [7, 11) is 1.61. The molecule has 0 aliphatic carbocycles. The first-order chi connectivity index (χ1) is 12.3. The second-order valence-corrected chi connectivity index (χ2v) is 5.74. The van der Waals surface area contributed by atoms with Crippen LogP contribution in [0.15, 0.2) is 67.0 Å². The number of nitrogens with zero attached hydrogens (tertiary/aromatic N) is 2. The first-order valence-corrected chi connectivity index (χ1v) is 8.19. The Bertz CT molecular complexity index is 828. The van der Waals surface area contributed by atoms with Crippen molar-refractivity contribution in [3.63, 3.8) is 0 Å². The van der Waals surface area contributed by atoms with Crippen molar-refractivity contribution < 1.29 is 9.53 Å². The zero-order valence-corrected chi connectivity index (χ0v) is 14.2. The van der Waals surface area contributed by atoms with Crippen molar-refractivity contribution in [3.05, 3.63) is 83.7 Å². The Morgan fingerprint density at radius 2 is 1.76 bits per heavy atom. The SMILES string of the molecule is COc1ccccc1CC(=O)NCc1ccccc1Cn1cccn1. The highest BCUT2D eigenvalue weighted by Crippen LogP contribution is 2.17. The van der Waals surface area contributed by atoms with E-state index in [9.17, 15) is 4.79 Å². The molecule has 0 aliphatic heterocycles. The number of nitrogens with one attached hydrogen (secondary N) is 1. The Kier molecular flexibility index (Phi) is 5.46. The number of rotatable bonds is 7. The third-order valence-electron chi connectivity index (χ3n) is 4.03. The van der Waals surface area contributed by atoms with E-state index in [4.69, 9.17) is 4.74 Å². The van der Waals surface area contributed by atoms with Crippen molar-refractivity contribution in [2.24, 2.45) is 0 Å². The van der Waals surface area contributed by atoms with Crippen LogP contribution < -0.4 is 10.1 Å². The molecule has 5 nitrogen and oxygen atoms in total. The lowest BCUT2D eigenvalue weighted by Crippen LogP contribution is -2.25. The van der Waals surface area contributed by atoms with Crippen LogP contribution in [0.5, 0.6) is 5.75 Å². The summed E-state index contributed by atoms with van der Waals surface area (Å²) >= 11 is 0. The number of hydrogen-bond acceptors (Lipinski definition) is 3. The third-order valence-corrected chi connectivity index (χ3v) is 4.03. The standard InChI is InChI=1S/C20H21N3O2/c1-25-19-10-5-4-7-16(19)13-20(24)21-14-17-8-2-3-9-18(17)15-23-12-6-11-22-23/h2-12H,13-15H2,1H3,(H,21,24). The molecule has 1 heterocycles. The van der Waals surface area contributed by atoms with Gasteiger partial charge in [0, 0.05) is 24.5 Å². The second kappa shape index (κ2) is 8.15. The van der Waals surface area contributed by atoms with Crippen molar-refractivity contribution in [1.82, 2.24) is 15.1 Å². The Hall–Kier alpha value is -3.08. The van der Waals surface area contributed by atoms with Gasteiger partial charge in [0.1, 0.15) is 5.75 Å². The van der Waals surface area contributed by atoms with Gasteiger partial charge in [0.2, 0.25) is 5.91 Å². The maximum absolute atomic E-state index is 12.3. The van der Waals surface area contributed by atoms with Crippen LogP contribution in [0, 0.1) is 0 Å². The van der Waals surface area contributed by atoms with Gasteiger partial charge in [-0.3, -0.25) is 9.48 Å². The van der Waals surface area contributed by atoms with Gasteiger partial charge < -0.3 is 10.1 Å². The van der Waals surface area contributed by atoms with Gasteiger partial charge in [-0.25, -0.2) is 0 Å². The molecule has 1 amide bonds. The number of methoxy groups -OCH3 is 1. The molecule has 0 radical (unpaired) electrons. The van der Waals surface area contributed by atoms with Gasteiger partial charge in [0.25, 0.3) is 0 Å². The monoisotopic (exact) mass is 335 g/mol. The van der Waals surface area contributed by atoms with E-state index in [1.807, 2.05) is 59.4 Å². The van der Waals surface area contributed by atoms with E-state index in [-0.39, 0.29) is 5.91 Å². The summed E-state index contributed by atoms with van der Waals surface area (Å²) in [5.74, 6) is 0.704. The Morgan fingerprint density at radius 3 is 2.48 bits per heavy atom. The van der Waals surface area contributed by atoms with Gasteiger partial charge >= 0.3 is 0 Å². The molecule has 0 fully saturated rings. The number of benzene rings is 2. The van der Waals surface area contributed by atoms with Crippen molar-refractivity contribution >= 4 is 5.91 Å². The molecule has 0 saturated heterocycles. The molecule has 5 heteroatoms. The molecule has 0 spiro atoms. The third kappa shape index (κ3) is 4.47. The highest BCUT2D eigenvalue weighted by molar-refractivity contribution is 5.79. The fourth-order valence-corrected chi connectivity index (χ4v) is 2.73. The highest BCUT2D eigenvalue weighted by atomic mass is 16.5. The minimum absolute atomic E-state index is 0.0293. The van der Waals surface area contributed by atoms with Gasteiger partial charge in [0.15, 0.2) is 0 Å². The van der Waals surface area contributed by atoms with E-state index in [0.717, 1.165) is 22.4 Å². The van der Waals surface area contributed by atoms with Crippen LogP contribution in [0.2, 0.25) is 0 Å². The number of aromatic nitrogens is 2. The first kappa shape index (κ1) is 16.8. The largest absolute Gasteiger partial charge is 0.496 e. The predicted molar refractivity (Wildman–Crippen MR) is 96.3 cm³/mol. The summed E-state index contributed by atoms with van der Waals surface area (Å²) in [4.78, 5) is 12.3. The van der Waals surface area contributed by atoms with Crippen LogP contribution in [-0.4, -0.2) is 22.8 Å². The fourth-order valence-electron chi connectivity index (χ4n) is 2.73.